The number of aromatic amines is 1. The van der Waals surface area contributed by atoms with Gasteiger partial charge in [0.25, 0.3) is 0 Å². The molecule has 0 amide bonds. The van der Waals surface area contributed by atoms with Gasteiger partial charge in [-0.25, -0.2) is 27.2 Å². The summed E-state index contributed by atoms with van der Waals surface area (Å²) in [6.07, 6.45) is 4.76. The molecule has 188 valence electrons. The lowest BCUT2D eigenvalue weighted by Crippen LogP contribution is -2.39. The van der Waals surface area contributed by atoms with E-state index in [2.05, 4.69) is 36.8 Å². The molecule has 4 rings (SSSR count). The van der Waals surface area contributed by atoms with Gasteiger partial charge in [0, 0.05) is 25.3 Å². The van der Waals surface area contributed by atoms with Crippen molar-refractivity contribution in [1.82, 2.24) is 19.9 Å². The Hall–Kier alpha value is -3.12. The fourth-order valence-corrected chi connectivity index (χ4v) is 5.43. The Morgan fingerprint density at radius 2 is 1.94 bits per heavy atom. The van der Waals surface area contributed by atoms with E-state index in [0.717, 1.165) is 44.6 Å². The van der Waals surface area contributed by atoms with Gasteiger partial charge < -0.3 is 15.2 Å². The lowest BCUT2D eigenvalue weighted by Gasteiger charge is -2.31. The molecule has 1 aromatic carbocycles. The van der Waals surface area contributed by atoms with Gasteiger partial charge in [-0.05, 0) is 37.9 Å². The van der Waals surface area contributed by atoms with E-state index in [-0.39, 0.29) is 17.4 Å². The van der Waals surface area contributed by atoms with E-state index >= 15 is 4.39 Å². The van der Waals surface area contributed by atoms with Gasteiger partial charge in [-0.15, -0.1) is 0 Å². The van der Waals surface area contributed by atoms with Crippen molar-refractivity contribution in [3.63, 3.8) is 0 Å². The molecular weight excluding hydrogens is 478 g/mol. The van der Waals surface area contributed by atoms with Gasteiger partial charge in [0.15, 0.2) is 5.82 Å². The fraction of sp³-hybridized carbons (Fsp3) is 0.435. The molecule has 1 aliphatic rings. The maximum atomic E-state index is 15.2. The normalized spacial score (nSPS) is 15.4. The first-order valence-corrected chi connectivity index (χ1v) is 13.2. The van der Waals surface area contributed by atoms with E-state index in [0.29, 0.717) is 23.3 Å². The summed E-state index contributed by atoms with van der Waals surface area (Å²) in [5.74, 6) is -3.16. The Labute approximate surface area is 202 Å². The highest BCUT2D eigenvalue weighted by molar-refractivity contribution is 7.92. The maximum Gasteiger partial charge on any atom is 0.232 e. The highest BCUT2D eigenvalue weighted by atomic mass is 32.2. The van der Waals surface area contributed by atoms with Crippen LogP contribution < -0.4 is 10.0 Å². The van der Waals surface area contributed by atoms with Crippen molar-refractivity contribution in [3.8, 4) is 0 Å². The van der Waals surface area contributed by atoms with E-state index in [9.17, 15) is 17.6 Å². The predicted octanol–water partition coefficient (Wildman–Crippen LogP) is 3.52. The van der Waals surface area contributed by atoms with Crippen molar-refractivity contribution in [2.24, 2.45) is 0 Å². The number of anilines is 2. The minimum Gasteiger partial charge on any atom is -0.367 e. The van der Waals surface area contributed by atoms with Crippen molar-refractivity contribution in [2.45, 2.75) is 39.2 Å². The molecule has 0 bridgehead atoms. The Morgan fingerprint density at radius 3 is 2.63 bits per heavy atom. The van der Waals surface area contributed by atoms with Crippen LogP contribution in [0, 0.1) is 11.6 Å². The van der Waals surface area contributed by atoms with Gasteiger partial charge in [0.2, 0.25) is 15.8 Å². The number of piperidine rings is 1. The van der Waals surface area contributed by atoms with Crippen LogP contribution in [-0.4, -0.2) is 65.5 Å². The molecule has 2 aromatic heterocycles. The molecule has 3 heterocycles. The summed E-state index contributed by atoms with van der Waals surface area (Å²) in [5, 5.41) is 3.68. The smallest absolute Gasteiger partial charge is 0.232 e. The number of hydrogen-bond acceptors (Lipinski definition) is 7. The first kappa shape index (κ1) is 25.0. The second-order valence-corrected chi connectivity index (χ2v) is 10.4. The summed E-state index contributed by atoms with van der Waals surface area (Å²) in [5.41, 5.74) is -1.01. The first-order chi connectivity index (χ1) is 16.7. The molecule has 3 aromatic rings. The van der Waals surface area contributed by atoms with Crippen molar-refractivity contribution >= 4 is 38.3 Å². The van der Waals surface area contributed by atoms with Crippen LogP contribution in [0.25, 0.3) is 11.0 Å². The van der Waals surface area contributed by atoms with Crippen LogP contribution in [0.15, 0.2) is 24.7 Å². The molecule has 3 N–H and O–H groups in total. The van der Waals surface area contributed by atoms with Crippen LogP contribution in [0.5, 0.6) is 0 Å². The monoisotopic (exact) mass is 506 g/mol. The highest BCUT2D eigenvalue weighted by Crippen LogP contribution is 2.30. The lowest BCUT2D eigenvalue weighted by atomic mass is 10.0. The van der Waals surface area contributed by atoms with Crippen molar-refractivity contribution in [1.29, 1.82) is 0 Å². The van der Waals surface area contributed by atoms with Gasteiger partial charge in [0.1, 0.15) is 23.6 Å². The Bertz CT molecular complexity index is 1340. The van der Waals surface area contributed by atoms with Crippen molar-refractivity contribution in [2.75, 3.05) is 35.4 Å². The molecule has 0 saturated carbocycles. The number of H-pyrrole nitrogens is 1. The van der Waals surface area contributed by atoms with Crippen LogP contribution in [0.3, 0.4) is 0 Å². The van der Waals surface area contributed by atoms with Crippen LogP contribution in [-0.2, 0) is 10.0 Å². The number of likely N-dealkylation sites (tertiary alicyclic amines) is 1. The number of carbonyl (C=O) groups is 1. The van der Waals surface area contributed by atoms with Gasteiger partial charge >= 0.3 is 0 Å². The number of fused-ring (bicyclic) bond motifs is 1. The van der Waals surface area contributed by atoms with E-state index in [1.807, 2.05) is 0 Å². The quantitative estimate of drug-likeness (QED) is 0.380. The van der Waals surface area contributed by atoms with Crippen LogP contribution in [0.1, 0.15) is 49.0 Å². The van der Waals surface area contributed by atoms with Gasteiger partial charge in [-0.2, -0.15) is 0 Å². The van der Waals surface area contributed by atoms with Crippen LogP contribution >= 0.6 is 0 Å². The summed E-state index contributed by atoms with van der Waals surface area (Å²) in [6.45, 7) is 6.61. The molecule has 0 aliphatic carbocycles. The Balaban J connectivity index is 1.69. The summed E-state index contributed by atoms with van der Waals surface area (Å²) >= 11 is 0. The average Bonchev–Trinajstić information content (AvgIpc) is 3.27. The maximum absolute atomic E-state index is 15.2. The second kappa shape index (κ2) is 10.2. The molecule has 0 unspecified atom stereocenters. The molecule has 0 spiro atoms. The molecule has 1 saturated heterocycles. The fourth-order valence-electron chi connectivity index (χ4n) is 4.30. The molecule has 0 atom stereocenters. The molecule has 0 radical (unpaired) electrons. The number of hydrogen-bond donors (Lipinski definition) is 3. The van der Waals surface area contributed by atoms with E-state index in [4.69, 9.17) is 0 Å². The number of nitrogens with zero attached hydrogens (tertiary/aromatic N) is 3. The standard InChI is InChI=1S/C23H28F2N6O3S/c1-3-11-35(33,34)30-17-6-5-16(24)19(20(17)25)21(32)15-12-26-22-18(15)23(28-13-27-22)29-14-7-9-31(4-2)10-8-14/h5-6,12-14,30H,3-4,7-11H2,1-2H3,(H2,26,27,28,29). The predicted molar refractivity (Wildman–Crippen MR) is 130 cm³/mol. The number of sulfonamides is 1. The third-order valence-corrected chi connectivity index (χ3v) is 7.62. The molecule has 9 nitrogen and oxygen atoms in total. The number of nitrogens with one attached hydrogen (secondary N) is 3. The minimum absolute atomic E-state index is 0.0135. The third-order valence-electron chi connectivity index (χ3n) is 6.15. The number of halogens is 2. The van der Waals surface area contributed by atoms with Gasteiger partial charge in [-0.1, -0.05) is 13.8 Å². The second-order valence-electron chi connectivity index (χ2n) is 8.54. The number of aromatic nitrogens is 3. The molecular formula is C23H28F2N6O3S. The zero-order chi connectivity index (χ0) is 25.2. The highest BCUT2D eigenvalue weighted by Gasteiger charge is 2.28. The van der Waals surface area contributed by atoms with Gasteiger partial charge in [0.05, 0.1) is 28.0 Å². The number of carbonyl (C=O) groups excluding carboxylic acids is 1. The molecule has 1 fully saturated rings. The van der Waals surface area contributed by atoms with E-state index in [1.165, 1.54) is 12.5 Å². The summed E-state index contributed by atoms with van der Waals surface area (Å²) in [7, 11) is -3.84. The van der Waals surface area contributed by atoms with Crippen LogP contribution in [0.4, 0.5) is 20.3 Å². The van der Waals surface area contributed by atoms with E-state index < -0.39 is 38.7 Å². The number of benzene rings is 1. The third kappa shape index (κ3) is 5.27. The van der Waals surface area contributed by atoms with E-state index in [1.54, 1.807) is 6.92 Å². The molecule has 35 heavy (non-hydrogen) atoms. The lowest BCUT2D eigenvalue weighted by molar-refractivity contribution is 0.103. The average molecular weight is 507 g/mol. The number of ketones is 1. The minimum atomic E-state index is -3.84. The van der Waals surface area contributed by atoms with Gasteiger partial charge in [-0.3, -0.25) is 9.52 Å². The first-order valence-electron chi connectivity index (χ1n) is 11.6. The topological polar surface area (TPSA) is 120 Å². The summed E-state index contributed by atoms with van der Waals surface area (Å²) < 4.78 is 56.2. The SMILES string of the molecule is CCCS(=O)(=O)Nc1ccc(F)c(C(=O)c2c[nH]c3ncnc(NC4CCN(CC)CC4)c23)c1F. The molecule has 12 heteroatoms. The number of rotatable bonds is 9. The largest absolute Gasteiger partial charge is 0.367 e. The summed E-state index contributed by atoms with van der Waals surface area (Å²) in [6, 6.07) is 1.95. The molecule has 1 aliphatic heterocycles. The van der Waals surface area contributed by atoms with Crippen molar-refractivity contribution in [3.05, 3.63) is 47.4 Å². The zero-order valence-electron chi connectivity index (χ0n) is 19.6. The van der Waals surface area contributed by atoms with Crippen LogP contribution in [0.2, 0.25) is 0 Å². The Kier molecular flexibility index (Phi) is 7.31. The Morgan fingerprint density at radius 1 is 1.20 bits per heavy atom. The zero-order valence-corrected chi connectivity index (χ0v) is 20.4. The van der Waals surface area contributed by atoms with Crippen molar-refractivity contribution < 1.29 is 22.0 Å². The summed E-state index contributed by atoms with van der Waals surface area (Å²) in [4.78, 5) is 27.0.